The van der Waals surface area contributed by atoms with Gasteiger partial charge in [-0.15, -0.1) is 0 Å². The highest BCUT2D eigenvalue weighted by Crippen LogP contribution is 2.09. The fourth-order valence-electron chi connectivity index (χ4n) is 0.460. The highest BCUT2D eigenvalue weighted by atomic mass is 79.9. The average molecular weight is 221 g/mol. The van der Waals surface area contributed by atoms with Gasteiger partial charge in [0, 0.05) is 4.47 Å². The monoisotopic (exact) mass is 220 g/mol. The van der Waals surface area contributed by atoms with Crippen molar-refractivity contribution in [3.8, 4) is 0 Å². The third kappa shape index (κ3) is 5.54. The zero-order chi connectivity index (χ0) is 8.69. The van der Waals surface area contributed by atoms with E-state index in [4.69, 9.17) is 9.90 Å². The predicted octanol–water partition coefficient (Wildman–Crippen LogP) is 2.29. The van der Waals surface area contributed by atoms with E-state index in [1.54, 1.807) is 12.1 Å². The molecule has 2 nitrogen and oxygen atoms in total. The van der Waals surface area contributed by atoms with Gasteiger partial charge in [-0.05, 0) is 18.2 Å². The molecule has 1 rings (SSSR count). The Morgan fingerprint density at radius 1 is 1.55 bits per heavy atom. The Kier molecular flexibility index (Phi) is 5.37. The Balaban J connectivity index is 0.000000292. The lowest BCUT2D eigenvalue weighted by atomic mass is 10.4. The first-order valence-corrected chi connectivity index (χ1v) is 3.49. The largest absolute Gasteiger partial charge is 0.483 e. The number of hydrogen-bond acceptors (Lipinski definition) is 1. The maximum absolute atomic E-state index is 12.1. The van der Waals surface area contributed by atoms with E-state index in [0.717, 1.165) is 4.47 Å². The summed E-state index contributed by atoms with van der Waals surface area (Å²) in [6.45, 7) is -0.250. The molecule has 0 fully saturated rings. The number of carboxylic acid groups (broad SMARTS) is 1. The molecule has 0 saturated heterocycles. The zero-order valence-corrected chi connectivity index (χ0v) is 7.08. The van der Waals surface area contributed by atoms with E-state index in [2.05, 4.69) is 15.9 Å². The molecule has 0 bridgehead atoms. The number of hydrogen-bond donors (Lipinski definition) is 1. The molecule has 0 amide bonds. The molecule has 1 aromatic carbocycles. The molecule has 0 heterocycles. The predicted molar refractivity (Wildman–Crippen MR) is 42.8 cm³/mol. The fourth-order valence-corrected chi connectivity index (χ4v) is 0.831. The van der Waals surface area contributed by atoms with Crippen LogP contribution >= 0.6 is 15.9 Å². The molecule has 0 saturated carbocycles. The molecule has 4 heteroatoms. The van der Waals surface area contributed by atoms with Crippen LogP contribution in [0.5, 0.6) is 0 Å². The molecule has 0 aliphatic heterocycles. The van der Waals surface area contributed by atoms with E-state index < -0.39 is 0 Å². The van der Waals surface area contributed by atoms with Crippen LogP contribution < -0.4 is 0 Å². The van der Waals surface area contributed by atoms with Gasteiger partial charge in [-0.25, -0.2) is 4.39 Å². The normalized spacial score (nSPS) is 7.82. The van der Waals surface area contributed by atoms with Gasteiger partial charge in [0.1, 0.15) is 5.82 Å². The lowest BCUT2D eigenvalue weighted by Gasteiger charge is -1.85. The Bertz CT molecular complexity index is 210. The van der Waals surface area contributed by atoms with Gasteiger partial charge in [-0.1, -0.05) is 22.0 Å². The molecule has 1 aromatic rings. The summed E-state index contributed by atoms with van der Waals surface area (Å²) in [6, 6.07) is 6.26. The Hall–Kier alpha value is -0.900. The molecule has 1 N–H and O–H groups in total. The van der Waals surface area contributed by atoms with Gasteiger partial charge < -0.3 is 5.11 Å². The van der Waals surface area contributed by atoms with E-state index >= 15 is 0 Å². The van der Waals surface area contributed by atoms with E-state index in [-0.39, 0.29) is 12.3 Å². The molecular weight excluding hydrogens is 215 g/mol. The van der Waals surface area contributed by atoms with Gasteiger partial charge in [0.15, 0.2) is 0 Å². The molecular formula is C7H6BrFO2. The topological polar surface area (TPSA) is 37.3 Å². The van der Waals surface area contributed by atoms with E-state index in [9.17, 15) is 4.39 Å². The third-order valence-corrected chi connectivity index (χ3v) is 1.28. The molecule has 11 heavy (non-hydrogen) atoms. The van der Waals surface area contributed by atoms with Crippen LogP contribution in [0.2, 0.25) is 0 Å². The summed E-state index contributed by atoms with van der Waals surface area (Å²) >= 11 is 3.12. The second-order valence-corrected chi connectivity index (χ2v) is 2.46. The summed E-state index contributed by atoms with van der Waals surface area (Å²) in [7, 11) is 0. The summed E-state index contributed by atoms with van der Waals surface area (Å²) in [5.41, 5.74) is 0. The zero-order valence-electron chi connectivity index (χ0n) is 5.50. The lowest BCUT2D eigenvalue weighted by molar-refractivity contribution is -0.122. The number of rotatable bonds is 0. The van der Waals surface area contributed by atoms with Crippen molar-refractivity contribution in [2.45, 2.75) is 0 Å². The van der Waals surface area contributed by atoms with Crippen molar-refractivity contribution in [1.29, 1.82) is 0 Å². The van der Waals surface area contributed by atoms with Crippen molar-refractivity contribution >= 4 is 22.4 Å². The van der Waals surface area contributed by atoms with Crippen LogP contribution in [0.4, 0.5) is 4.39 Å². The lowest BCUT2D eigenvalue weighted by Crippen LogP contribution is -1.68. The van der Waals surface area contributed by atoms with Crippen molar-refractivity contribution in [3.63, 3.8) is 0 Å². The van der Waals surface area contributed by atoms with Crippen LogP contribution in [0.15, 0.2) is 28.7 Å². The van der Waals surface area contributed by atoms with Crippen LogP contribution in [0, 0.1) is 5.82 Å². The van der Waals surface area contributed by atoms with Gasteiger partial charge in [0.05, 0.1) is 0 Å². The first kappa shape index (κ1) is 10.1. The van der Waals surface area contributed by atoms with Crippen molar-refractivity contribution < 1.29 is 14.3 Å². The van der Waals surface area contributed by atoms with E-state index in [1.165, 1.54) is 12.1 Å². The van der Waals surface area contributed by atoms with Crippen molar-refractivity contribution in [3.05, 3.63) is 34.6 Å². The average Bonchev–Trinajstić information content (AvgIpc) is 1.88. The first-order valence-electron chi connectivity index (χ1n) is 2.69. The fraction of sp³-hybridized carbons (Fsp3) is 0. The molecule has 0 spiro atoms. The summed E-state index contributed by atoms with van der Waals surface area (Å²) in [5, 5.41) is 6.89. The second kappa shape index (κ2) is 5.85. The molecule has 0 aromatic heterocycles. The van der Waals surface area contributed by atoms with E-state index in [0.29, 0.717) is 0 Å². The number of benzene rings is 1. The Morgan fingerprint density at radius 2 is 2.09 bits per heavy atom. The number of carbonyl (C=O) groups is 1. The quantitative estimate of drug-likeness (QED) is 0.682. The van der Waals surface area contributed by atoms with Gasteiger partial charge >= 0.3 is 0 Å². The SMILES string of the molecule is Fc1cccc(Br)c1.O=CO. The summed E-state index contributed by atoms with van der Waals surface area (Å²) in [5.74, 6) is -0.209. The number of halogens is 2. The van der Waals surface area contributed by atoms with Gasteiger partial charge in [0.2, 0.25) is 0 Å². The van der Waals surface area contributed by atoms with Crippen molar-refractivity contribution in [2.75, 3.05) is 0 Å². The molecule has 60 valence electrons. The van der Waals surface area contributed by atoms with Crippen LogP contribution in [0.3, 0.4) is 0 Å². The van der Waals surface area contributed by atoms with Crippen molar-refractivity contribution in [2.24, 2.45) is 0 Å². The first-order chi connectivity index (χ1) is 5.20. The maximum atomic E-state index is 12.1. The van der Waals surface area contributed by atoms with Crippen LogP contribution in [0.1, 0.15) is 0 Å². The van der Waals surface area contributed by atoms with Gasteiger partial charge in [-0.2, -0.15) is 0 Å². The minimum absolute atomic E-state index is 0.209. The Morgan fingerprint density at radius 3 is 2.36 bits per heavy atom. The highest BCUT2D eigenvalue weighted by molar-refractivity contribution is 9.10. The highest BCUT2D eigenvalue weighted by Gasteiger charge is 1.86. The maximum Gasteiger partial charge on any atom is 0.290 e. The molecule has 0 aliphatic rings. The summed E-state index contributed by atoms with van der Waals surface area (Å²) < 4.78 is 12.9. The molecule has 0 radical (unpaired) electrons. The van der Waals surface area contributed by atoms with Crippen LogP contribution in [0.25, 0.3) is 0 Å². The summed E-state index contributed by atoms with van der Waals surface area (Å²) in [6.07, 6.45) is 0. The van der Waals surface area contributed by atoms with Gasteiger partial charge in [-0.3, -0.25) is 4.79 Å². The minimum Gasteiger partial charge on any atom is -0.483 e. The van der Waals surface area contributed by atoms with Gasteiger partial charge in [0.25, 0.3) is 6.47 Å². The third-order valence-electron chi connectivity index (χ3n) is 0.787. The molecule has 0 atom stereocenters. The standard InChI is InChI=1S/C6H4BrF.CH2O2/c7-5-2-1-3-6(8)4-5;2-1-3/h1-4H;1H,(H,2,3). The van der Waals surface area contributed by atoms with Crippen LogP contribution in [-0.2, 0) is 4.79 Å². The molecule has 0 aliphatic carbocycles. The minimum atomic E-state index is -0.250. The van der Waals surface area contributed by atoms with E-state index in [1.807, 2.05) is 0 Å². The van der Waals surface area contributed by atoms with Crippen molar-refractivity contribution in [1.82, 2.24) is 0 Å². The Labute approximate surface area is 71.8 Å². The summed E-state index contributed by atoms with van der Waals surface area (Å²) in [4.78, 5) is 8.36. The smallest absolute Gasteiger partial charge is 0.290 e. The van der Waals surface area contributed by atoms with Crippen LogP contribution in [-0.4, -0.2) is 11.6 Å². The molecule has 0 unspecified atom stereocenters. The second-order valence-electron chi connectivity index (χ2n) is 1.55.